The summed E-state index contributed by atoms with van der Waals surface area (Å²) in [5.74, 6) is 0.568. The Hall–Kier alpha value is -2.01. The van der Waals surface area contributed by atoms with E-state index in [0.29, 0.717) is 22.0 Å². The first-order chi connectivity index (χ1) is 9.35. The van der Waals surface area contributed by atoms with Crippen molar-refractivity contribution in [2.75, 3.05) is 5.32 Å². The number of carbonyl (C=O) groups is 1. The van der Waals surface area contributed by atoms with Crippen LogP contribution in [0.1, 0.15) is 20.8 Å². The van der Waals surface area contributed by atoms with Crippen LogP contribution in [0.4, 0.5) is 10.5 Å². The lowest BCUT2D eigenvalue weighted by molar-refractivity contribution is 0.0636. The molecule has 0 fully saturated rings. The predicted octanol–water partition coefficient (Wildman–Crippen LogP) is 4.34. The van der Waals surface area contributed by atoms with E-state index in [1.807, 2.05) is 0 Å². The minimum Gasteiger partial charge on any atom is -0.444 e. The summed E-state index contributed by atoms with van der Waals surface area (Å²) in [6.07, 6.45) is 1.01. The number of nitrogens with one attached hydrogen (secondary N) is 1. The van der Waals surface area contributed by atoms with E-state index >= 15 is 0 Å². The van der Waals surface area contributed by atoms with E-state index in [9.17, 15) is 4.79 Å². The second-order valence-corrected chi connectivity index (χ2v) is 5.61. The molecule has 1 N–H and O–H groups in total. The van der Waals surface area contributed by atoms with Crippen LogP contribution in [0.5, 0.6) is 0 Å². The normalized spacial score (nSPS) is 11.2. The van der Waals surface area contributed by atoms with Crippen molar-refractivity contribution >= 4 is 23.4 Å². The van der Waals surface area contributed by atoms with Crippen LogP contribution in [-0.2, 0) is 4.74 Å². The molecule has 0 aliphatic carbocycles. The number of nitrogens with zero attached hydrogens (tertiary/aromatic N) is 1. The molecule has 6 heteroatoms. The number of halogens is 1. The van der Waals surface area contributed by atoms with Crippen LogP contribution in [0.25, 0.3) is 11.3 Å². The van der Waals surface area contributed by atoms with Gasteiger partial charge in [-0.25, -0.2) is 4.79 Å². The van der Waals surface area contributed by atoms with Crippen LogP contribution in [0.2, 0.25) is 5.02 Å². The first kappa shape index (κ1) is 14.4. The molecular formula is C14H15ClN2O3. The molecule has 0 saturated carbocycles. The maximum absolute atomic E-state index is 11.6. The van der Waals surface area contributed by atoms with Crippen molar-refractivity contribution < 1.29 is 14.1 Å². The number of hydrogen-bond donors (Lipinski definition) is 1. The Morgan fingerprint density at radius 3 is 2.65 bits per heavy atom. The molecule has 2 aromatic rings. The lowest BCUT2D eigenvalue weighted by Crippen LogP contribution is -2.27. The Morgan fingerprint density at radius 1 is 1.35 bits per heavy atom. The second kappa shape index (κ2) is 5.54. The zero-order valence-corrected chi connectivity index (χ0v) is 12.2. The molecule has 0 unspecified atom stereocenters. The topological polar surface area (TPSA) is 64.4 Å². The summed E-state index contributed by atoms with van der Waals surface area (Å²) in [5, 5.41) is 6.70. The molecule has 1 amide bonds. The highest BCUT2D eigenvalue weighted by Crippen LogP contribution is 2.30. The highest BCUT2D eigenvalue weighted by atomic mass is 35.5. The molecule has 0 spiro atoms. The lowest BCUT2D eigenvalue weighted by Gasteiger charge is -2.19. The fourth-order valence-corrected chi connectivity index (χ4v) is 1.84. The summed E-state index contributed by atoms with van der Waals surface area (Å²) < 4.78 is 10.2. The summed E-state index contributed by atoms with van der Waals surface area (Å²) in [6.45, 7) is 5.39. The molecule has 0 aliphatic rings. The fraction of sp³-hybridized carbons (Fsp3) is 0.286. The summed E-state index contributed by atoms with van der Waals surface area (Å²) in [6, 6.07) is 6.80. The van der Waals surface area contributed by atoms with E-state index in [1.165, 1.54) is 0 Å². The maximum atomic E-state index is 11.6. The van der Waals surface area contributed by atoms with Gasteiger partial charge in [-0.05, 0) is 39.0 Å². The minimum atomic E-state index is -0.548. The molecule has 20 heavy (non-hydrogen) atoms. The predicted molar refractivity (Wildman–Crippen MR) is 76.8 cm³/mol. The van der Waals surface area contributed by atoms with Crippen LogP contribution in [0.3, 0.4) is 0 Å². The van der Waals surface area contributed by atoms with E-state index < -0.39 is 11.7 Å². The van der Waals surface area contributed by atoms with Gasteiger partial charge in [0.1, 0.15) is 5.60 Å². The van der Waals surface area contributed by atoms with Gasteiger partial charge in [-0.1, -0.05) is 16.8 Å². The van der Waals surface area contributed by atoms with Crippen LogP contribution in [0, 0.1) is 0 Å². The number of benzene rings is 1. The number of hydrogen-bond acceptors (Lipinski definition) is 4. The zero-order chi connectivity index (χ0) is 14.8. The van der Waals surface area contributed by atoms with Gasteiger partial charge in [-0.15, -0.1) is 0 Å². The number of rotatable bonds is 2. The largest absolute Gasteiger partial charge is 0.444 e. The molecule has 0 atom stereocenters. The molecule has 1 heterocycles. The van der Waals surface area contributed by atoms with Gasteiger partial charge >= 0.3 is 6.09 Å². The molecule has 106 valence electrons. The van der Waals surface area contributed by atoms with Crippen molar-refractivity contribution in [1.29, 1.82) is 0 Å². The quantitative estimate of drug-likeness (QED) is 0.894. The van der Waals surface area contributed by atoms with Crippen LogP contribution < -0.4 is 5.32 Å². The third-order valence-electron chi connectivity index (χ3n) is 2.32. The van der Waals surface area contributed by atoms with E-state index in [0.717, 1.165) is 0 Å². The molecule has 5 nitrogen and oxygen atoms in total. The third kappa shape index (κ3) is 3.74. The average molecular weight is 295 g/mol. The maximum Gasteiger partial charge on any atom is 0.412 e. The summed E-state index contributed by atoms with van der Waals surface area (Å²) in [5.41, 5.74) is 0.708. The molecule has 1 aromatic carbocycles. The Kier molecular flexibility index (Phi) is 3.99. The molecule has 0 bridgehead atoms. The molecule has 0 saturated heterocycles. The van der Waals surface area contributed by atoms with Crippen molar-refractivity contribution in [3.05, 3.63) is 35.5 Å². The van der Waals surface area contributed by atoms with Gasteiger partial charge in [0.2, 0.25) is 0 Å². The van der Waals surface area contributed by atoms with Crippen molar-refractivity contribution in [3.8, 4) is 11.3 Å². The van der Waals surface area contributed by atoms with Crippen molar-refractivity contribution in [2.45, 2.75) is 26.4 Å². The molecule has 2 rings (SSSR count). The summed E-state index contributed by atoms with van der Waals surface area (Å²) in [7, 11) is 0. The Balaban J connectivity index is 2.12. The average Bonchev–Trinajstić information content (AvgIpc) is 2.79. The summed E-state index contributed by atoms with van der Waals surface area (Å²) >= 11 is 6.16. The Morgan fingerprint density at radius 2 is 2.10 bits per heavy atom. The Bertz CT molecular complexity index is 603. The van der Waals surface area contributed by atoms with Crippen LogP contribution in [-0.4, -0.2) is 16.9 Å². The van der Waals surface area contributed by atoms with Gasteiger partial charge in [0, 0.05) is 17.3 Å². The number of carbonyl (C=O) groups excluding carboxylic acids is 1. The van der Waals surface area contributed by atoms with Crippen molar-refractivity contribution in [1.82, 2.24) is 5.16 Å². The minimum absolute atomic E-state index is 0.454. The van der Waals surface area contributed by atoms with Gasteiger partial charge in [-0.3, -0.25) is 5.32 Å². The lowest BCUT2D eigenvalue weighted by atomic mass is 10.1. The smallest absolute Gasteiger partial charge is 0.412 e. The van der Waals surface area contributed by atoms with E-state index in [1.54, 1.807) is 51.2 Å². The van der Waals surface area contributed by atoms with E-state index in [4.69, 9.17) is 20.9 Å². The van der Waals surface area contributed by atoms with Gasteiger partial charge in [0.25, 0.3) is 0 Å². The van der Waals surface area contributed by atoms with Gasteiger partial charge in [0.15, 0.2) is 5.76 Å². The molecule has 0 radical (unpaired) electrons. The second-order valence-electron chi connectivity index (χ2n) is 5.20. The standard InChI is InChI=1S/C14H15ClN2O3/c1-14(2,3)19-13(18)17-9-4-5-10(11(15)8-9)12-6-7-16-20-12/h4-8H,1-3H3,(H,17,18). The number of amides is 1. The highest BCUT2D eigenvalue weighted by Gasteiger charge is 2.16. The van der Waals surface area contributed by atoms with E-state index in [2.05, 4.69) is 10.5 Å². The zero-order valence-electron chi connectivity index (χ0n) is 11.4. The van der Waals surface area contributed by atoms with Gasteiger partial charge < -0.3 is 9.26 Å². The third-order valence-corrected chi connectivity index (χ3v) is 2.63. The van der Waals surface area contributed by atoms with Gasteiger partial charge in [-0.2, -0.15) is 0 Å². The number of anilines is 1. The monoisotopic (exact) mass is 294 g/mol. The van der Waals surface area contributed by atoms with Crippen molar-refractivity contribution in [3.63, 3.8) is 0 Å². The Labute approximate surface area is 121 Å². The van der Waals surface area contributed by atoms with Crippen LogP contribution in [0.15, 0.2) is 35.0 Å². The molecule has 0 aliphatic heterocycles. The van der Waals surface area contributed by atoms with Gasteiger partial charge in [0.05, 0.1) is 11.2 Å². The fourth-order valence-electron chi connectivity index (χ4n) is 1.57. The molecular weight excluding hydrogens is 280 g/mol. The SMILES string of the molecule is CC(C)(C)OC(=O)Nc1ccc(-c2ccno2)c(Cl)c1. The summed E-state index contributed by atoms with van der Waals surface area (Å²) in [4.78, 5) is 11.6. The number of ether oxygens (including phenoxy) is 1. The van der Waals surface area contributed by atoms with E-state index in [-0.39, 0.29) is 0 Å². The highest BCUT2D eigenvalue weighted by molar-refractivity contribution is 6.33. The first-order valence-electron chi connectivity index (χ1n) is 6.06. The molecule has 1 aromatic heterocycles. The number of aromatic nitrogens is 1. The van der Waals surface area contributed by atoms with Crippen molar-refractivity contribution in [2.24, 2.45) is 0 Å². The van der Waals surface area contributed by atoms with Crippen LogP contribution >= 0.6 is 11.6 Å². The first-order valence-corrected chi connectivity index (χ1v) is 6.43.